The van der Waals surface area contributed by atoms with Crippen molar-refractivity contribution in [2.24, 2.45) is 28.6 Å². The van der Waals surface area contributed by atoms with Crippen molar-refractivity contribution < 1.29 is 9.53 Å². The molecule has 4 rings (SSSR count). The fourth-order valence-corrected chi connectivity index (χ4v) is 4.69. The van der Waals surface area contributed by atoms with Crippen molar-refractivity contribution in [1.29, 1.82) is 0 Å². The van der Waals surface area contributed by atoms with E-state index >= 15 is 0 Å². The van der Waals surface area contributed by atoms with Crippen LogP contribution in [0.5, 0.6) is 0 Å². The van der Waals surface area contributed by atoms with Gasteiger partial charge >= 0.3 is 5.97 Å². The lowest BCUT2D eigenvalue weighted by atomic mass is 9.38. The van der Waals surface area contributed by atoms with Crippen molar-refractivity contribution in [2.45, 2.75) is 26.7 Å². The van der Waals surface area contributed by atoms with Gasteiger partial charge in [0.05, 0.1) is 12.5 Å². The van der Waals surface area contributed by atoms with Crippen LogP contribution in [-0.2, 0) is 9.53 Å². The number of hydrogen-bond donors (Lipinski definition) is 1. The van der Waals surface area contributed by atoms with Crippen molar-refractivity contribution in [3.8, 4) is 0 Å². The number of carbonyl (C=O) groups is 1. The molecule has 1 aliphatic heterocycles. The van der Waals surface area contributed by atoms with Crippen molar-refractivity contribution in [2.75, 3.05) is 20.2 Å². The van der Waals surface area contributed by atoms with Gasteiger partial charge in [0.15, 0.2) is 0 Å². The number of carbonyl (C=O) groups excluding carboxylic acids is 1. The molecule has 4 aliphatic rings. The Hall–Kier alpha value is -0.570. The maximum absolute atomic E-state index is 12.2. The number of esters is 1. The summed E-state index contributed by atoms with van der Waals surface area (Å²) < 4.78 is 5.10. The molecule has 0 aromatic carbocycles. The van der Waals surface area contributed by atoms with Gasteiger partial charge in [0, 0.05) is 6.54 Å². The molecule has 3 nitrogen and oxygen atoms in total. The highest BCUT2D eigenvalue weighted by atomic mass is 16.5. The smallest absolute Gasteiger partial charge is 0.313 e. The van der Waals surface area contributed by atoms with Gasteiger partial charge in [-0.1, -0.05) is 13.8 Å². The lowest BCUT2D eigenvalue weighted by molar-refractivity contribution is -0.201. The lowest BCUT2D eigenvalue weighted by Crippen LogP contribution is -2.64. The van der Waals surface area contributed by atoms with Gasteiger partial charge in [0.2, 0.25) is 0 Å². The van der Waals surface area contributed by atoms with Gasteiger partial charge < -0.3 is 10.1 Å². The third-order valence-corrected chi connectivity index (χ3v) is 5.76. The maximum atomic E-state index is 12.2. The van der Waals surface area contributed by atoms with Gasteiger partial charge in [0.25, 0.3) is 0 Å². The zero-order chi connectivity index (χ0) is 11.6. The molecule has 3 saturated carbocycles. The van der Waals surface area contributed by atoms with Crippen LogP contribution < -0.4 is 5.32 Å². The second kappa shape index (κ2) is 3.00. The van der Waals surface area contributed by atoms with Crippen LogP contribution in [0.25, 0.3) is 0 Å². The van der Waals surface area contributed by atoms with Crippen molar-refractivity contribution in [3.63, 3.8) is 0 Å². The summed E-state index contributed by atoms with van der Waals surface area (Å²) in [7, 11) is 1.53. The molecule has 2 bridgehead atoms. The first-order valence-electron chi connectivity index (χ1n) is 6.32. The third-order valence-electron chi connectivity index (χ3n) is 5.76. The Morgan fingerprint density at radius 1 is 1.31 bits per heavy atom. The van der Waals surface area contributed by atoms with Crippen LogP contribution in [0.1, 0.15) is 26.7 Å². The van der Waals surface area contributed by atoms with E-state index in [0.29, 0.717) is 17.3 Å². The number of hydrogen-bond acceptors (Lipinski definition) is 3. The monoisotopic (exact) mass is 223 g/mol. The molecule has 1 N–H and O–H groups in total. The molecule has 0 radical (unpaired) electrons. The molecular formula is C13H21NO2. The normalized spacial score (nSPS) is 48.1. The number of ether oxygens (including phenoxy) is 1. The maximum Gasteiger partial charge on any atom is 0.313 e. The highest BCUT2D eigenvalue weighted by Crippen LogP contribution is 2.68. The largest absolute Gasteiger partial charge is 0.469 e. The number of nitrogens with one attached hydrogen (secondary N) is 1. The Bertz CT molecular complexity index is 339. The van der Waals surface area contributed by atoms with Crippen LogP contribution in [-0.4, -0.2) is 26.2 Å². The van der Waals surface area contributed by atoms with Gasteiger partial charge in [-0.05, 0) is 42.6 Å². The molecular weight excluding hydrogens is 202 g/mol. The zero-order valence-corrected chi connectivity index (χ0v) is 10.4. The van der Waals surface area contributed by atoms with E-state index < -0.39 is 0 Å². The summed E-state index contributed by atoms with van der Waals surface area (Å²) in [5.41, 5.74) is 0.115. The van der Waals surface area contributed by atoms with Gasteiger partial charge in [-0.3, -0.25) is 4.79 Å². The summed E-state index contributed by atoms with van der Waals surface area (Å²) in [5.74, 6) is 1.88. The van der Waals surface area contributed by atoms with Crippen molar-refractivity contribution in [3.05, 3.63) is 0 Å². The van der Waals surface area contributed by atoms with Crippen LogP contribution in [0.2, 0.25) is 0 Å². The molecule has 1 heterocycles. The number of methoxy groups -OCH3 is 1. The minimum Gasteiger partial charge on any atom is -0.469 e. The Labute approximate surface area is 96.9 Å². The predicted octanol–water partition coefficient (Wildman–Crippen LogP) is 1.43. The fraction of sp³-hybridized carbons (Fsp3) is 0.923. The molecule has 16 heavy (non-hydrogen) atoms. The molecule has 4 unspecified atom stereocenters. The third kappa shape index (κ3) is 0.963. The highest BCUT2D eigenvalue weighted by molar-refractivity contribution is 5.79. The summed E-state index contributed by atoms with van der Waals surface area (Å²) in [6.45, 7) is 6.47. The first-order chi connectivity index (χ1) is 7.53. The molecule has 0 amide bonds. The SMILES string of the molecule is COC(=O)C12CNCC1CC1CC2C1(C)C. The lowest BCUT2D eigenvalue weighted by Gasteiger charge is -2.65. The minimum absolute atomic E-state index is 0.0266. The second-order valence-corrected chi connectivity index (χ2v) is 6.40. The van der Waals surface area contributed by atoms with Crippen LogP contribution in [0.4, 0.5) is 0 Å². The van der Waals surface area contributed by atoms with E-state index in [0.717, 1.165) is 19.0 Å². The molecule has 0 aromatic rings. The minimum atomic E-state index is -0.215. The highest BCUT2D eigenvalue weighted by Gasteiger charge is 2.69. The topological polar surface area (TPSA) is 38.3 Å². The van der Waals surface area contributed by atoms with Crippen molar-refractivity contribution >= 4 is 5.97 Å². The van der Waals surface area contributed by atoms with E-state index in [4.69, 9.17) is 4.74 Å². The van der Waals surface area contributed by atoms with E-state index in [9.17, 15) is 4.79 Å². The van der Waals surface area contributed by atoms with Crippen LogP contribution >= 0.6 is 0 Å². The molecule has 0 aromatic heterocycles. The van der Waals surface area contributed by atoms with Gasteiger partial charge in [-0.15, -0.1) is 0 Å². The molecule has 1 saturated heterocycles. The molecule has 4 fully saturated rings. The van der Waals surface area contributed by atoms with E-state index in [1.165, 1.54) is 20.0 Å². The average Bonchev–Trinajstić information content (AvgIpc) is 2.71. The predicted molar refractivity (Wildman–Crippen MR) is 60.8 cm³/mol. The molecule has 4 atom stereocenters. The molecule has 3 heteroatoms. The van der Waals surface area contributed by atoms with Crippen LogP contribution in [0.3, 0.4) is 0 Å². The van der Waals surface area contributed by atoms with Crippen LogP contribution in [0.15, 0.2) is 0 Å². The first kappa shape index (κ1) is 10.6. The number of rotatable bonds is 1. The van der Waals surface area contributed by atoms with Crippen molar-refractivity contribution in [1.82, 2.24) is 5.32 Å². The summed E-state index contributed by atoms with van der Waals surface area (Å²) in [6.07, 6.45) is 2.42. The van der Waals surface area contributed by atoms with E-state index in [-0.39, 0.29) is 11.4 Å². The van der Waals surface area contributed by atoms with E-state index in [2.05, 4.69) is 19.2 Å². The second-order valence-electron chi connectivity index (χ2n) is 6.40. The quantitative estimate of drug-likeness (QED) is 0.683. The summed E-state index contributed by atoms with van der Waals surface area (Å²) in [6, 6.07) is 0. The Morgan fingerprint density at radius 3 is 2.69 bits per heavy atom. The summed E-state index contributed by atoms with van der Waals surface area (Å²) in [5, 5.41) is 3.41. The van der Waals surface area contributed by atoms with Gasteiger partial charge in [0.1, 0.15) is 0 Å². The summed E-state index contributed by atoms with van der Waals surface area (Å²) >= 11 is 0. The first-order valence-corrected chi connectivity index (χ1v) is 6.32. The molecule has 3 aliphatic carbocycles. The Kier molecular flexibility index (Phi) is 1.99. The van der Waals surface area contributed by atoms with E-state index in [1.807, 2.05) is 0 Å². The average molecular weight is 223 g/mol. The summed E-state index contributed by atoms with van der Waals surface area (Å²) in [4.78, 5) is 12.2. The van der Waals surface area contributed by atoms with E-state index in [1.54, 1.807) is 0 Å². The van der Waals surface area contributed by atoms with Gasteiger partial charge in [-0.25, -0.2) is 0 Å². The molecule has 0 spiro atoms. The Balaban J connectivity index is 2.01. The fourth-order valence-electron chi connectivity index (χ4n) is 4.69. The van der Waals surface area contributed by atoms with Gasteiger partial charge in [-0.2, -0.15) is 0 Å². The molecule has 90 valence electrons. The Morgan fingerprint density at radius 2 is 2.06 bits per heavy atom. The standard InChI is InChI=1S/C13H21NO2/c1-12(2)8-4-9-6-14-7-13(9,10(12)5-8)11(15)16-3/h8-10,14H,4-7H2,1-3H3. The van der Waals surface area contributed by atoms with Crippen LogP contribution in [0, 0.1) is 28.6 Å². The zero-order valence-electron chi connectivity index (χ0n) is 10.4.